The van der Waals surface area contributed by atoms with Gasteiger partial charge in [0.25, 0.3) is 0 Å². The first-order valence-corrected chi connectivity index (χ1v) is 10.4. The second-order valence-electron chi connectivity index (χ2n) is 6.59. The third-order valence-corrected chi connectivity index (χ3v) is 4.73. The lowest BCUT2D eigenvalue weighted by atomic mass is 10.0. The van der Waals surface area contributed by atoms with Gasteiger partial charge in [0.15, 0.2) is 5.15 Å². The highest BCUT2D eigenvalue weighted by Gasteiger charge is 2.15. The maximum Gasteiger partial charge on any atom is 0.153 e. The van der Waals surface area contributed by atoms with Crippen LogP contribution in [0.5, 0.6) is 0 Å². The Hall–Kier alpha value is -2.87. The number of hydrazone groups is 1. The summed E-state index contributed by atoms with van der Waals surface area (Å²) in [5, 5.41) is 3.53. The highest BCUT2D eigenvalue weighted by atomic mass is 35.5. The molecular formula is C23H33ClN6O. The van der Waals surface area contributed by atoms with Crippen LogP contribution in [0.15, 0.2) is 60.8 Å². The topological polar surface area (TPSA) is 103 Å². The Morgan fingerprint density at radius 1 is 1.32 bits per heavy atom. The van der Waals surface area contributed by atoms with Crippen LogP contribution in [0.2, 0.25) is 5.15 Å². The maximum atomic E-state index is 6.35. The molecule has 1 heterocycles. The van der Waals surface area contributed by atoms with Crippen molar-refractivity contribution in [3.05, 3.63) is 83.4 Å². The van der Waals surface area contributed by atoms with E-state index >= 15 is 0 Å². The lowest BCUT2D eigenvalue weighted by molar-refractivity contribution is 0.178. The first-order valence-electron chi connectivity index (χ1n) is 10.0. The van der Waals surface area contributed by atoms with Crippen LogP contribution >= 0.6 is 11.6 Å². The predicted octanol–water partition coefficient (Wildman–Crippen LogP) is 4.18. The van der Waals surface area contributed by atoms with Gasteiger partial charge in [-0.2, -0.15) is 5.10 Å². The highest BCUT2D eigenvalue weighted by Crippen LogP contribution is 2.23. The number of benzene rings is 1. The Labute approximate surface area is 190 Å². The first-order chi connectivity index (χ1) is 15.1. The second kappa shape index (κ2) is 15.0. The number of allylic oxidation sites excluding steroid dienone is 4. The SMILES string of the molecule is C=C/C=C(\C=C)c1ccc(Cn2c(CCCC)nc(Cl)c2COC)cc1.N/N=C\NN. The molecule has 5 N–H and O–H groups in total. The molecule has 0 aliphatic heterocycles. The first kappa shape index (κ1) is 26.2. The highest BCUT2D eigenvalue weighted by molar-refractivity contribution is 6.30. The molecule has 168 valence electrons. The molecule has 0 atom stereocenters. The molecule has 0 bridgehead atoms. The molecule has 0 radical (unpaired) electrons. The van der Waals surface area contributed by atoms with Gasteiger partial charge in [0, 0.05) is 20.1 Å². The largest absolute Gasteiger partial charge is 0.378 e. The minimum atomic E-state index is 0.457. The Morgan fingerprint density at radius 2 is 2.03 bits per heavy atom. The molecule has 0 aliphatic rings. The van der Waals surface area contributed by atoms with E-state index in [-0.39, 0.29) is 0 Å². The summed E-state index contributed by atoms with van der Waals surface area (Å²) in [4.78, 5) is 4.56. The van der Waals surface area contributed by atoms with Crippen molar-refractivity contribution in [2.45, 2.75) is 39.3 Å². The molecular weight excluding hydrogens is 412 g/mol. The monoisotopic (exact) mass is 444 g/mol. The van der Waals surface area contributed by atoms with E-state index in [0.717, 1.165) is 48.5 Å². The van der Waals surface area contributed by atoms with Crippen LogP contribution in [0.25, 0.3) is 5.57 Å². The van der Waals surface area contributed by atoms with Gasteiger partial charge >= 0.3 is 0 Å². The molecule has 0 fully saturated rings. The summed E-state index contributed by atoms with van der Waals surface area (Å²) in [5.74, 6) is 10.2. The number of unbranched alkanes of at least 4 members (excludes halogenated alkanes) is 1. The Bertz CT molecular complexity index is 871. The number of aromatic nitrogens is 2. The van der Waals surface area contributed by atoms with Crippen molar-refractivity contribution >= 4 is 23.5 Å². The summed E-state index contributed by atoms with van der Waals surface area (Å²) in [5.41, 5.74) is 6.41. The number of hydrogen-bond donors (Lipinski definition) is 3. The smallest absolute Gasteiger partial charge is 0.153 e. The van der Waals surface area contributed by atoms with E-state index in [9.17, 15) is 0 Å². The van der Waals surface area contributed by atoms with Crippen LogP contribution in [0.4, 0.5) is 0 Å². The summed E-state index contributed by atoms with van der Waals surface area (Å²) < 4.78 is 7.51. The van der Waals surface area contributed by atoms with Crippen LogP contribution < -0.4 is 17.1 Å². The molecule has 7 nitrogen and oxygen atoms in total. The van der Waals surface area contributed by atoms with Gasteiger partial charge in [0.05, 0.1) is 12.3 Å². The number of nitrogens with zero attached hydrogens (tertiary/aromatic N) is 3. The standard InChI is InChI=1S/C22H27ClN2O.CH6N4/c1-5-8-10-21-24-22(23)20(16-26-4)25(21)15-17-11-13-19(14-12-17)18(7-3)9-6-2;2-4-1-5-3/h6-7,9,11-14H,2-3,5,8,10,15-16H2,1,4H3;1H,2-3H2,(H,4,5)/b18-9+;. The third-order valence-electron chi connectivity index (χ3n) is 4.43. The number of nitrogens with one attached hydrogen (secondary N) is 1. The van der Waals surface area contributed by atoms with Crippen molar-refractivity contribution in [3.8, 4) is 0 Å². The van der Waals surface area contributed by atoms with Gasteiger partial charge in [-0.05, 0) is 23.1 Å². The zero-order chi connectivity index (χ0) is 23.1. The molecule has 1 aromatic heterocycles. The average molecular weight is 445 g/mol. The van der Waals surface area contributed by atoms with Gasteiger partial charge in [-0.3, -0.25) is 0 Å². The van der Waals surface area contributed by atoms with Crippen molar-refractivity contribution < 1.29 is 4.74 Å². The molecule has 31 heavy (non-hydrogen) atoms. The number of methoxy groups -OCH3 is 1. The van der Waals surface area contributed by atoms with Crippen LogP contribution in [0, 0.1) is 0 Å². The molecule has 1 aromatic carbocycles. The lowest BCUT2D eigenvalue weighted by Crippen LogP contribution is -2.19. The van der Waals surface area contributed by atoms with Crippen molar-refractivity contribution in [2.24, 2.45) is 16.8 Å². The molecule has 2 aromatic rings. The minimum absolute atomic E-state index is 0.457. The Kier molecular flexibility index (Phi) is 12.7. The number of hydrazine groups is 1. The molecule has 0 amide bonds. The van der Waals surface area contributed by atoms with E-state index in [4.69, 9.17) is 16.3 Å². The van der Waals surface area contributed by atoms with Crippen LogP contribution in [-0.2, 0) is 24.3 Å². The molecule has 8 heteroatoms. The second-order valence-corrected chi connectivity index (χ2v) is 6.95. The zero-order valence-electron chi connectivity index (χ0n) is 18.4. The summed E-state index contributed by atoms with van der Waals surface area (Å²) in [6, 6.07) is 8.47. The summed E-state index contributed by atoms with van der Waals surface area (Å²) >= 11 is 6.35. The summed E-state index contributed by atoms with van der Waals surface area (Å²) in [6.45, 7) is 11.0. The fraction of sp³-hybridized carbons (Fsp3) is 0.304. The maximum absolute atomic E-state index is 6.35. The van der Waals surface area contributed by atoms with Gasteiger partial charge in [-0.15, -0.1) is 0 Å². The van der Waals surface area contributed by atoms with Crippen molar-refractivity contribution in [3.63, 3.8) is 0 Å². The van der Waals surface area contributed by atoms with Crippen molar-refractivity contribution in [1.29, 1.82) is 0 Å². The van der Waals surface area contributed by atoms with Crippen LogP contribution in [-0.4, -0.2) is 23.0 Å². The quantitative estimate of drug-likeness (QED) is 0.158. The lowest BCUT2D eigenvalue weighted by Gasteiger charge is -2.13. The number of hydrogen-bond acceptors (Lipinski definition) is 5. The normalized spacial score (nSPS) is 11.2. The van der Waals surface area contributed by atoms with E-state index in [1.807, 2.05) is 12.2 Å². The van der Waals surface area contributed by atoms with E-state index < -0.39 is 0 Å². The molecule has 0 saturated heterocycles. The third kappa shape index (κ3) is 8.41. The fourth-order valence-corrected chi connectivity index (χ4v) is 3.18. The number of nitrogens with two attached hydrogens (primary N) is 2. The Morgan fingerprint density at radius 3 is 2.52 bits per heavy atom. The minimum Gasteiger partial charge on any atom is -0.378 e. The number of rotatable bonds is 11. The molecule has 0 unspecified atom stereocenters. The van der Waals surface area contributed by atoms with E-state index in [1.165, 1.54) is 11.9 Å². The average Bonchev–Trinajstić information content (AvgIpc) is 3.07. The number of ether oxygens (including phenoxy) is 1. The van der Waals surface area contributed by atoms with Gasteiger partial charge in [0.1, 0.15) is 12.2 Å². The van der Waals surface area contributed by atoms with E-state index in [2.05, 4.69) is 76.1 Å². The van der Waals surface area contributed by atoms with Crippen LogP contribution in [0.1, 0.15) is 42.4 Å². The van der Waals surface area contributed by atoms with Crippen LogP contribution in [0.3, 0.4) is 0 Å². The van der Waals surface area contributed by atoms with Gasteiger partial charge in [0.2, 0.25) is 0 Å². The Balaban J connectivity index is 0.000000861. The van der Waals surface area contributed by atoms with Crippen molar-refractivity contribution in [1.82, 2.24) is 15.0 Å². The molecule has 0 spiro atoms. The zero-order valence-corrected chi connectivity index (χ0v) is 19.1. The van der Waals surface area contributed by atoms with E-state index in [1.54, 1.807) is 13.2 Å². The van der Waals surface area contributed by atoms with E-state index in [0.29, 0.717) is 11.8 Å². The molecule has 0 aliphatic carbocycles. The fourth-order valence-electron chi connectivity index (χ4n) is 2.93. The molecule has 0 saturated carbocycles. The predicted molar refractivity (Wildman–Crippen MR) is 130 cm³/mol. The summed E-state index contributed by atoms with van der Waals surface area (Å²) in [7, 11) is 1.68. The number of halogens is 1. The number of imidazole rings is 1. The summed E-state index contributed by atoms with van der Waals surface area (Å²) in [6.07, 6.45) is 9.88. The van der Waals surface area contributed by atoms with Gasteiger partial charge < -0.3 is 20.6 Å². The van der Waals surface area contributed by atoms with Gasteiger partial charge in [-0.25, -0.2) is 10.8 Å². The van der Waals surface area contributed by atoms with Crippen molar-refractivity contribution in [2.75, 3.05) is 7.11 Å². The van der Waals surface area contributed by atoms with Gasteiger partial charge in [-0.1, -0.05) is 80.6 Å². The molecule has 2 rings (SSSR count). The number of aryl methyl sites for hydroxylation is 1.